The average molecular weight is 398 g/mol. The first-order chi connectivity index (χ1) is 8.30. The second kappa shape index (κ2) is 4.93. The fourth-order valence-corrected chi connectivity index (χ4v) is 6.18. The fourth-order valence-electron chi connectivity index (χ4n) is 1.82. The van der Waals surface area contributed by atoms with E-state index in [1.165, 1.54) is 6.08 Å². The van der Waals surface area contributed by atoms with Gasteiger partial charge in [0.15, 0.2) is 19.7 Å². The molecule has 0 N–H and O–H groups in total. The van der Waals surface area contributed by atoms with Crippen LogP contribution < -0.4 is 0 Å². The summed E-state index contributed by atoms with van der Waals surface area (Å²) in [6.07, 6.45) is 1.21. The zero-order chi connectivity index (χ0) is 13.4. The molecule has 98 valence electrons. The number of halogens is 1. The third kappa shape index (κ3) is 3.12. The first-order valence-corrected chi connectivity index (χ1v) is 9.67. The molecule has 18 heavy (non-hydrogen) atoms. The summed E-state index contributed by atoms with van der Waals surface area (Å²) in [4.78, 5) is 0. The van der Waals surface area contributed by atoms with Crippen molar-refractivity contribution in [2.24, 2.45) is 0 Å². The summed E-state index contributed by atoms with van der Waals surface area (Å²) in [5.74, 6) is -0.617. The highest BCUT2D eigenvalue weighted by molar-refractivity contribution is 14.1. The monoisotopic (exact) mass is 398 g/mol. The quantitative estimate of drug-likeness (QED) is 0.676. The molecule has 0 fully saturated rings. The Bertz CT molecular complexity index is 690. The van der Waals surface area contributed by atoms with Crippen molar-refractivity contribution in [3.05, 3.63) is 44.9 Å². The molecule has 0 radical (unpaired) electrons. The van der Waals surface area contributed by atoms with E-state index in [2.05, 4.69) is 22.6 Å². The number of rotatable bonds is 1. The zero-order valence-corrected chi connectivity index (χ0v) is 13.1. The van der Waals surface area contributed by atoms with E-state index in [9.17, 15) is 16.8 Å². The van der Waals surface area contributed by atoms with Crippen LogP contribution in [-0.4, -0.2) is 28.3 Å². The van der Waals surface area contributed by atoms with Crippen LogP contribution in [0.5, 0.6) is 0 Å². The van der Waals surface area contributed by atoms with Crippen molar-refractivity contribution in [3.63, 3.8) is 0 Å². The number of hydrogen-bond acceptors (Lipinski definition) is 4. The van der Waals surface area contributed by atoms with Gasteiger partial charge in [-0.15, -0.1) is 0 Å². The smallest absolute Gasteiger partial charge is 0.172 e. The lowest BCUT2D eigenvalue weighted by molar-refractivity contribution is 0.582. The summed E-state index contributed by atoms with van der Waals surface area (Å²) in [5.41, 5.74) is 0.536. The number of hydrogen-bond donors (Lipinski definition) is 0. The van der Waals surface area contributed by atoms with Crippen LogP contribution in [0, 0.1) is 3.57 Å². The molecule has 0 saturated heterocycles. The van der Waals surface area contributed by atoms with Gasteiger partial charge in [0.1, 0.15) is 5.25 Å². The average Bonchev–Trinajstić information content (AvgIpc) is 2.35. The zero-order valence-electron chi connectivity index (χ0n) is 9.28. The predicted octanol–water partition coefficient (Wildman–Crippen LogP) is 1.69. The third-order valence-electron chi connectivity index (χ3n) is 2.67. The first kappa shape index (κ1) is 14.0. The topological polar surface area (TPSA) is 68.3 Å². The highest BCUT2D eigenvalue weighted by Gasteiger charge is 2.32. The molecular weight excluding hydrogens is 387 g/mol. The normalized spacial score (nSPS) is 25.5. The van der Waals surface area contributed by atoms with Gasteiger partial charge >= 0.3 is 0 Å². The fraction of sp³-hybridized carbons (Fsp3) is 0.273. The van der Waals surface area contributed by atoms with Crippen LogP contribution in [-0.2, 0) is 19.7 Å². The van der Waals surface area contributed by atoms with E-state index in [0.29, 0.717) is 5.56 Å². The lowest BCUT2D eigenvalue weighted by Crippen LogP contribution is -2.21. The van der Waals surface area contributed by atoms with Gasteiger partial charge in [0.2, 0.25) is 0 Å². The molecule has 0 bridgehead atoms. The minimum Gasteiger partial charge on any atom is -0.228 e. The predicted molar refractivity (Wildman–Crippen MR) is 78.6 cm³/mol. The Morgan fingerprint density at radius 1 is 1.17 bits per heavy atom. The van der Waals surface area contributed by atoms with E-state index < -0.39 is 24.9 Å². The lowest BCUT2D eigenvalue weighted by atomic mass is 10.2. The van der Waals surface area contributed by atoms with Crippen molar-refractivity contribution in [1.29, 1.82) is 0 Å². The Kier molecular flexibility index (Phi) is 3.84. The Labute approximate surface area is 120 Å². The van der Waals surface area contributed by atoms with Crippen molar-refractivity contribution in [3.8, 4) is 0 Å². The summed E-state index contributed by atoms with van der Waals surface area (Å²) in [6.45, 7) is 0. The lowest BCUT2D eigenvalue weighted by Gasteiger charge is -2.15. The maximum Gasteiger partial charge on any atom is 0.172 e. The maximum atomic E-state index is 12.1. The van der Waals surface area contributed by atoms with E-state index in [1.54, 1.807) is 18.2 Å². The summed E-state index contributed by atoms with van der Waals surface area (Å²) in [5, 5.41) is 0.0190. The molecular formula is C11H11IO4S2. The molecule has 0 aromatic heterocycles. The minimum absolute atomic E-state index is 0.234. The van der Waals surface area contributed by atoms with E-state index in [-0.39, 0.29) is 11.5 Å². The Morgan fingerprint density at radius 2 is 1.89 bits per heavy atom. The summed E-state index contributed by atoms with van der Waals surface area (Å²) < 4.78 is 48.4. The molecule has 0 saturated carbocycles. The maximum absolute atomic E-state index is 12.1. The second-order valence-corrected chi connectivity index (χ2v) is 9.48. The number of benzene rings is 1. The Balaban J connectivity index is 2.53. The molecule has 1 unspecified atom stereocenters. The summed E-state index contributed by atoms with van der Waals surface area (Å²) in [6, 6.07) is 6.94. The van der Waals surface area contributed by atoms with Crippen molar-refractivity contribution in [2.75, 3.05) is 11.5 Å². The summed E-state index contributed by atoms with van der Waals surface area (Å²) >= 11 is 2.07. The van der Waals surface area contributed by atoms with Gasteiger partial charge in [0.25, 0.3) is 0 Å². The highest BCUT2D eigenvalue weighted by Crippen LogP contribution is 2.28. The highest BCUT2D eigenvalue weighted by atomic mass is 127. The van der Waals surface area contributed by atoms with Crippen LogP contribution in [0.15, 0.2) is 35.7 Å². The van der Waals surface area contributed by atoms with Gasteiger partial charge in [-0.2, -0.15) is 0 Å². The van der Waals surface area contributed by atoms with Crippen LogP contribution in [0.1, 0.15) is 10.8 Å². The van der Waals surface area contributed by atoms with Gasteiger partial charge in [-0.3, -0.25) is 0 Å². The van der Waals surface area contributed by atoms with Crippen LogP contribution >= 0.6 is 22.6 Å². The van der Waals surface area contributed by atoms with Gasteiger partial charge in [-0.1, -0.05) is 18.2 Å². The van der Waals surface area contributed by atoms with E-state index >= 15 is 0 Å². The molecule has 0 aliphatic carbocycles. The molecule has 4 nitrogen and oxygen atoms in total. The minimum atomic E-state index is -3.47. The van der Waals surface area contributed by atoms with Gasteiger partial charge in [-0.05, 0) is 40.3 Å². The van der Waals surface area contributed by atoms with Crippen molar-refractivity contribution in [2.45, 2.75) is 5.25 Å². The van der Waals surface area contributed by atoms with E-state index in [1.807, 2.05) is 6.07 Å². The van der Waals surface area contributed by atoms with Crippen LogP contribution in [0.3, 0.4) is 0 Å². The molecule has 1 aromatic rings. The van der Waals surface area contributed by atoms with Crippen LogP contribution in [0.4, 0.5) is 0 Å². The second-order valence-electron chi connectivity index (χ2n) is 4.07. The van der Waals surface area contributed by atoms with Gasteiger partial charge in [0.05, 0.1) is 11.5 Å². The molecule has 0 amide bonds. The van der Waals surface area contributed by atoms with Crippen molar-refractivity contribution < 1.29 is 16.8 Å². The molecule has 0 spiro atoms. The molecule has 1 heterocycles. The molecule has 1 aliphatic heterocycles. The SMILES string of the molecule is O=S1(=O)C=CCS(=O)(=O)C(c2cccc(I)c2)C1. The van der Waals surface area contributed by atoms with Crippen LogP contribution in [0.25, 0.3) is 0 Å². The molecule has 1 aromatic carbocycles. The Morgan fingerprint density at radius 3 is 2.56 bits per heavy atom. The summed E-state index contributed by atoms with van der Waals surface area (Å²) in [7, 11) is -6.93. The van der Waals surface area contributed by atoms with E-state index in [0.717, 1.165) is 8.98 Å². The van der Waals surface area contributed by atoms with Crippen molar-refractivity contribution in [1.82, 2.24) is 0 Å². The Hall–Kier alpha value is -0.410. The van der Waals surface area contributed by atoms with E-state index in [4.69, 9.17) is 0 Å². The van der Waals surface area contributed by atoms with Gasteiger partial charge < -0.3 is 0 Å². The molecule has 1 aliphatic rings. The van der Waals surface area contributed by atoms with Crippen molar-refractivity contribution >= 4 is 42.3 Å². The van der Waals surface area contributed by atoms with Gasteiger partial charge in [-0.25, -0.2) is 16.8 Å². The molecule has 7 heteroatoms. The van der Waals surface area contributed by atoms with Gasteiger partial charge in [0, 0.05) is 8.98 Å². The van der Waals surface area contributed by atoms with Crippen LogP contribution in [0.2, 0.25) is 0 Å². The molecule has 2 rings (SSSR count). The first-order valence-electron chi connectivity index (χ1n) is 5.16. The number of sulfone groups is 2. The molecule has 1 atom stereocenters. The standard InChI is InChI=1S/C11H11IO4S2/c12-10-4-1-3-9(7-10)11-8-17(13,14)5-2-6-18(11,15)16/h1-5,7,11H,6,8H2. The largest absolute Gasteiger partial charge is 0.228 e. The third-order valence-corrected chi connectivity index (χ3v) is 6.92.